The van der Waals surface area contributed by atoms with E-state index in [0.717, 1.165) is 19.4 Å². The van der Waals surface area contributed by atoms with Crippen LogP contribution < -0.4 is 4.74 Å². The lowest BCUT2D eigenvalue weighted by molar-refractivity contribution is -0.274. The van der Waals surface area contributed by atoms with E-state index in [9.17, 15) is 17.7 Å². The number of halogens is 4. The molecule has 1 atom stereocenters. The maximum absolute atomic E-state index is 13.8. The Kier molecular flexibility index (Phi) is 7.86. The highest BCUT2D eigenvalue weighted by atomic mass is 79.9. The van der Waals surface area contributed by atoms with Crippen LogP contribution in [-0.4, -0.2) is 19.6 Å². The predicted molar refractivity (Wildman–Crippen MR) is 120 cm³/mol. The normalized spacial score (nSPS) is 13.5. The largest absolute Gasteiger partial charge is 0.573 e. The number of rotatable bonds is 9. The first-order valence-corrected chi connectivity index (χ1v) is 12.8. The van der Waals surface area contributed by atoms with Gasteiger partial charge in [0.15, 0.2) is 0 Å². The molecule has 3 aromatic rings. The molecule has 0 aliphatic carbocycles. The van der Waals surface area contributed by atoms with Crippen molar-refractivity contribution in [2.24, 2.45) is 0 Å². The zero-order chi connectivity index (χ0) is 22.6. The Hall–Kier alpha value is -1.38. The van der Waals surface area contributed by atoms with Gasteiger partial charge >= 0.3 is 14.0 Å². The van der Waals surface area contributed by atoms with Crippen LogP contribution in [0.5, 0.6) is 5.75 Å². The van der Waals surface area contributed by atoms with Crippen LogP contribution in [0, 0.1) is 0 Å². The van der Waals surface area contributed by atoms with Crippen LogP contribution in [0.4, 0.5) is 13.2 Å². The first-order chi connectivity index (χ1) is 14.7. The molecule has 3 rings (SSSR count). The standard InChI is InChI=1S/C21H21BrF3O4PS/c1-3-27-30(26,28-4-2)17(20-19(22)16-10-5-6-11-18(16)31-20)13-14-8-7-9-15(12-14)29-21(23,24)25/h5-12,17H,3-4,13H2,1-2H3. The quantitative estimate of drug-likeness (QED) is 0.259. The van der Waals surface area contributed by atoms with Gasteiger partial charge < -0.3 is 13.8 Å². The van der Waals surface area contributed by atoms with Gasteiger partial charge in [0.25, 0.3) is 0 Å². The number of thiophene rings is 1. The molecule has 31 heavy (non-hydrogen) atoms. The summed E-state index contributed by atoms with van der Waals surface area (Å²) in [7, 11) is -3.64. The van der Waals surface area contributed by atoms with Crippen molar-refractivity contribution in [1.29, 1.82) is 0 Å². The van der Waals surface area contributed by atoms with Gasteiger partial charge in [0, 0.05) is 19.4 Å². The third-order valence-corrected chi connectivity index (χ3v) is 9.44. The van der Waals surface area contributed by atoms with Gasteiger partial charge in [-0.15, -0.1) is 24.5 Å². The summed E-state index contributed by atoms with van der Waals surface area (Å²) in [6.07, 6.45) is -4.64. The van der Waals surface area contributed by atoms with Crippen LogP contribution in [0.1, 0.15) is 29.9 Å². The minimum absolute atomic E-state index is 0.151. The van der Waals surface area contributed by atoms with Crippen LogP contribution >= 0.6 is 34.9 Å². The van der Waals surface area contributed by atoms with E-state index in [1.807, 2.05) is 24.3 Å². The highest BCUT2D eigenvalue weighted by Gasteiger charge is 2.40. The summed E-state index contributed by atoms with van der Waals surface area (Å²) in [5.74, 6) is -0.332. The summed E-state index contributed by atoms with van der Waals surface area (Å²) in [5.41, 5.74) is -0.184. The fraction of sp³-hybridized carbons (Fsp3) is 0.333. The van der Waals surface area contributed by atoms with Crippen LogP contribution in [0.15, 0.2) is 53.0 Å². The summed E-state index contributed by atoms with van der Waals surface area (Å²) in [4.78, 5) is 0.758. The summed E-state index contributed by atoms with van der Waals surface area (Å²) >= 11 is 5.07. The lowest BCUT2D eigenvalue weighted by atomic mass is 10.1. The smallest absolute Gasteiger partial charge is 0.406 e. The fourth-order valence-electron chi connectivity index (χ4n) is 3.27. The highest BCUT2D eigenvalue weighted by Crippen LogP contribution is 2.64. The monoisotopic (exact) mass is 536 g/mol. The molecule has 10 heteroatoms. The Labute approximate surface area is 191 Å². The van der Waals surface area contributed by atoms with Crippen LogP contribution in [0.3, 0.4) is 0 Å². The summed E-state index contributed by atoms with van der Waals surface area (Å²) in [6.45, 7) is 3.79. The van der Waals surface area contributed by atoms with Gasteiger partial charge in [0.2, 0.25) is 0 Å². The lowest BCUT2D eigenvalue weighted by Gasteiger charge is -2.26. The van der Waals surface area contributed by atoms with E-state index in [0.29, 0.717) is 5.56 Å². The van der Waals surface area contributed by atoms with E-state index in [2.05, 4.69) is 20.7 Å². The van der Waals surface area contributed by atoms with Gasteiger partial charge in [-0.25, -0.2) is 0 Å². The average Bonchev–Trinajstić information content (AvgIpc) is 3.02. The zero-order valence-electron chi connectivity index (χ0n) is 16.8. The number of hydrogen-bond donors (Lipinski definition) is 0. The second kappa shape index (κ2) is 10.0. The third-order valence-electron chi connectivity index (χ3n) is 4.42. The number of hydrogen-bond acceptors (Lipinski definition) is 5. The molecule has 0 aliphatic rings. The SMILES string of the molecule is CCOP(=O)(OCC)C(Cc1cccc(OC(F)(F)F)c1)c1sc2ccccc2c1Br. The van der Waals surface area contributed by atoms with Gasteiger partial charge in [0.05, 0.1) is 13.2 Å². The first kappa shape index (κ1) is 24.3. The Balaban J connectivity index is 2.07. The second-order valence-corrected chi connectivity index (χ2v) is 10.7. The Morgan fingerprint density at radius 1 is 1.06 bits per heavy atom. The molecule has 0 bridgehead atoms. The topological polar surface area (TPSA) is 44.8 Å². The summed E-state index contributed by atoms with van der Waals surface area (Å²) in [6, 6.07) is 13.4. The van der Waals surface area contributed by atoms with Crippen molar-refractivity contribution in [3.63, 3.8) is 0 Å². The Bertz CT molecular complexity index is 1080. The maximum atomic E-state index is 13.8. The van der Waals surface area contributed by atoms with E-state index in [-0.39, 0.29) is 25.4 Å². The van der Waals surface area contributed by atoms with Crippen molar-refractivity contribution in [1.82, 2.24) is 0 Å². The molecule has 2 aromatic carbocycles. The molecule has 0 radical (unpaired) electrons. The van der Waals surface area contributed by atoms with Crippen molar-refractivity contribution in [3.8, 4) is 5.75 Å². The molecule has 0 saturated heterocycles. The Morgan fingerprint density at radius 3 is 2.35 bits per heavy atom. The van der Waals surface area contributed by atoms with E-state index < -0.39 is 19.6 Å². The third kappa shape index (κ3) is 5.90. The molecule has 0 saturated carbocycles. The van der Waals surface area contributed by atoms with Crippen molar-refractivity contribution < 1.29 is 31.5 Å². The molecular formula is C21H21BrF3O4PS. The zero-order valence-corrected chi connectivity index (χ0v) is 20.1. The van der Waals surface area contributed by atoms with Gasteiger partial charge in [-0.2, -0.15) is 0 Å². The van der Waals surface area contributed by atoms with Crippen molar-refractivity contribution in [3.05, 3.63) is 63.4 Å². The van der Waals surface area contributed by atoms with Crippen LogP contribution in [0.2, 0.25) is 0 Å². The molecular weight excluding hydrogens is 516 g/mol. The second-order valence-electron chi connectivity index (χ2n) is 6.57. The van der Waals surface area contributed by atoms with Crippen LogP contribution in [-0.2, 0) is 20.0 Å². The Morgan fingerprint density at radius 2 is 1.74 bits per heavy atom. The van der Waals surface area contributed by atoms with Gasteiger partial charge in [0.1, 0.15) is 11.4 Å². The van der Waals surface area contributed by atoms with E-state index in [1.54, 1.807) is 19.9 Å². The molecule has 0 N–H and O–H groups in total. The van der Waals surface area contributed by atoms with E-state index >= 15 is 0 Å². The molecule has 168 valence electrons. The van der Waals surface area contributed by atoms with Gasteiger partial charge in [-0.1, -0.05) is 30.3 Å². The number of fused-ring (bicyclic) bond motifs is 1. The van der Waals surface area contributed by atoms with E-state index in [4.69, 9.17) is 9.05 Å². The molecule has 1 aromatic heterocycles. The van der Waals surface area contributed by atoms with Crippen molar-refractivity contribution in [2.45, 2.75) is 32.3 Å². The molecule has 0 aliphatic heterocycles. The lowest BCUT2D eigenvalue weighted by Crippen LogP contribution is -2.17. The highest BCUT2D eigenvalue weighted by molar-refractivity contribution is 9.10. The average molecular weight is 537 g/mol. The van der Waals surface area contributed by atoms with Gasteiger partial charge in [-0.05, 0) is 60.0 Å². The number of ether oxygens (including phenoxy) is 1. The number of alkyl halides is 3. The van der Waals surface area contributed by atoms with Crippen LogP contribution in [0.25, 0.3) is 10.1 Å². The number of benzene rings is 2. The summed E-state index contributed by atoms with van der Waals surface area (Å²) < 4.78 is 68.8. The van der Waals surface area contributed by atoms with Crippen molar-refractivity contribution >= 4 is 44.9 Å². The molecule has 4 nitrogen and oxygen atoms in total. The minimum atomic E-state index is -4.79. The molecule has 0 spiro atoms. The summed E-state index contributed by atoms with van der Waals surface area (Å²) in [5, 5.41) is 0.959. The van der Waals surface area contributed by atoms with E-state index in [1.165, 1.54) is 29.5 Å². The molecule has 0 amide bonds. The predicted octanol–water partition coefficient (Wildman–Crippen LogP) is 8.11. The fourth-order valence-corrected chi connectivity index (χ4v) is 8.07. The molecule has 1 heterocycles. The van der Waals surface area contributed by atoms with Crippen molar-refractivity contribution in [2.75, 3.05) is 13.2 Å². The first-order valence-electron chi connectivity index (χ1n) is 9.57. The minimum Gasteiger partial charge on any atom is -0.406 e. The van der Waals surface area contributed by atoms with Gasteiger partial charge in [-0.3, -0.25) is 4.57 Å². The molecule has 1 unspecified atom stereocenters. The maximum Gasteiger partial charge on any atom is 0.573 e. The molecule has 0 fully saturated rings.